The van der Waals surface area contributed by atoms with Gasteiger partial charge < -0.3 is 4.57 Å². The van der Waals surface area contributed by atoms with Crippen LogP contribution in [-0.2, 0) is 0 Å². The van der Waals surface area contributed by atoms with Gasteiger partial charge >= 0.3 is 0 Å². The maximum Gasteiger partial charge on any atom is 0.0991 e. The van der Waals surface area contributed by atoms with E-state index in [0.717, 1.165) is 11.1 Å². The van der Waals surface area contributed by atoms with Gasteiger partial charge in [0.15, 0.2) is 0 Å². The zero-order chi connectivity index (χ0) is 22.6. The van der Waals surface area contributed by atoms with Crippen LogP contribution in [0.4, 0.5) is 0 Å². The summed E-state index contributed by atoms with van der Waals surface area (Å²) in [5.41, 5.74) is 6.63. The Labute approximate surface area is 200 Å². The van der Waals surface area contributed by atoms with Gasteiger partial charge in [-0.2, -0.15) is 5.26 Å². The first-order valence-corrected chi connectivity index (χ1v) is 12.1. The van der Waals surface area contributed by atoms with Crippen molar-refractivity contribution in [3.63, 3.8) is 0 Å². The predicted octanol–water partition coefficient (Wildman–Crippen LogP) is 8.69. The Balaban J connectivity index is 1.53. The third-order valence-corrected chi connectivity index (χ3v) is 7.79. The van der Waals surface area contributed by atoms with Crippen LogP contribution in [0.2, 0.25) is 0 Å². The van der Waals surface area contributed by atoms with Gasteiger partial charge in [-0.05, 0) is 54.1 Å². The lowest BCUT2D eigenvalue weighted by molar-refractivity contribution is 1.18. The second-order valence-electron chi connectivity index (χ2n) is 8.52. The summed E-state index contributed by atoms with van der Waals surface area (Å²) >= 11 is 1.78. The summed E-state index contributed by atoms with van der Waals surface area (Å²) in [6.07, 6.45) is 0. The summed E-state index contributed by atoms with van der Waals surface area (Å²) in [6, 6.07) is 40.8. The second kappa shape index (κ2) is 7.31. The maximum absolute atomic E-state index is 9.41. The molecule has 2 nitrogen and oxygen atoms in total. The highest BCUT2D eigenvalue weighted by atomic mass is 32.1. The number of nitriles is 1. The van der Waals surface area contributed by atoms with E-state index in [1.165, 1.54) is 47.7 Å². The molecule has 0 amide bonds. The number of thiophene rings is 1. The molecular weight excluding hydrogens is 432 g/mol. The second-order valence-corrected chi connectivity index (χ2v) is 9.61. The summed E-state index contributed by atoms with van der Waals surface area (Å²) in [6.45, 7) is 0. The van der Waals surface area contributed by atoms with Crippen LogP contribution in [0.1, 0.15) is 5.56 Å². The molecule has 0 aliphatic carbocycles. The number of benzene rings is 5. The largest absolute Gasteiger partial charge is 0.309 e. The van der Waals surface area contributed by atoms with Gasteiger partial charge in [0.25, 0.3) is 0 Å². The molecule has 158 valence electrons. The summed E-state index contributed by atoms with van der Waals surface area (Å²) < 4.78 is 4.83. The monoisotopic (exact) mass is 450 g/mol. The molecule has 2 heterocycles. The molecule has 0 fully saturated rings. The van der Waals surface area contributed by atoms with E-state index < -0.39 is 0 Å². The van der Waals surface area contributed by atoms with E-state index in [0.29, 0.717) is 5.56 Å². The van der Waals surface area contributed by atoms with Gasteiger partial charge in [0.2, 0.25) is 0 Å². The zero-order valence-electron chi connectivity index (χ0n) is 18.2. The molecule has 0 radical (unpaired) electrons. The van der Waals surface area contributed by atoms with Crippen molar-refractivity contribution >= 4 is 53.3 Å². The highest BCUT2D eigenvalue weighted by molar-refractivity contribution is 7.25. The van der Waals surface area contributed by atoms with Crippen molar-refractivity contribution in [2.24, 2.45) is 0 Å². The Morgan fingerprint density at radius 2 is 1.21 bits per heavy atom. The number of nitrogens with zero attached hydrogens (tertiary/aromatic N) is 2. The van der Waals surface area contributed by atoms with E-state index in [1.54, 1.807) is 11.3 Å². The molecule has 3 heteroatoms. The number of hydrogen-bond acceptors (Lipinski definition) is 2. The van der Waals surface area contributed by atoms with Crippen LogP contribution in [0.5, 0.6) is 0 Å². The average Bonchev–Trinajstić information content (AvgIpc) is 3.43. The normalized spacial score (nSPS) is 11.5. The van der Waals surface area contributed by atoms with Crippen molar-refractivity contribution in [2.45, 2.75) is 0 Å². The van der Waals surface area contributed by atoms with Crippen LogP contribution >= 0.6 is 11.3 Å². The van der Waals surface area contributed by atoms with Crippen molar-refractivity contribution in [1.29, 1.82) is 5.26 Å². The first-order chi connectivity index (χ1) is 16.8. The number of para-hydroxylation sites is 3. The van der Waals surface area contributed by atoms with Crippen molar-refractivity contribution < 1.29 is 0 Å². The first kappa shape index (κ1) is 19.1. The van der Waals surface area contributed by atoms with Crippen LogP contribution in [-0.4, -0.2) is 4.57 Å². The summed E-state index contributed by atoms with van der Waals surface area (Å²) in [4.78, 5) is 0. The molecule has 7 aromatic rings. The van der Waals surface area contributed by atoms with Crippen LogP contribution in [0.15, 0.2) is 109 Å². The van der Waals surface area contributed by atoms with Crippen molar-refractivity contribution in [3.05, 3.63) is 115 Å². The molecule has 7 rings (SSSR count). The lowest BCUT2D eigenvalue weighted by atomic mass is 10.0. The van der Waals surface area contributed by atoms with Gasteiger partial charge in [-0.1, -0.05) is 60.7 Å². The number of aromatic nitrogens is 1. The lowest BCUT2D eigenvalue weighted by Gasteiger charge is -2.14. The van der Waals surface area contributed by atoms with Crippen LogP contribution in [0, 0.1) is 11.3 Å². The molecule has 0 saturated carbocycles. The Morgan fingerprint density at radius 1 is 0.588 bits per heavy atom. The van der Waals surface area contributed by atoms with Crippen molar-refractivity contribution in [1.82, 2.24) is 4.57 Å². The van der Waals surface area contributed by atoms with E-state index in [1.807, 2.05) is 12.1 Å². The zero-order valence-corrected chi connectivity index (χ0v) is 19.0. The highest BCUT2D eigenvalue weighted by Gasteiger charge is 2.15. The third-order valence-electron chi connectivity index (χ3n) is 6.63. The minimum atomic E-state index is 0.697. The summed E-state index contributed by atoms with van der Waals surface area (Å²) in [5.74, 6) is 0. The Kier molecular flexibility index (Phi) is 4.11. The van der Waals surface area contributed by atoms with Crippen molar-refractivity contribution in [2.75, 3.05) is 0 Å². The molecule has 0 bridgehead atoms. The third kappa shape index (κ3) is 2.73. The van der Waals surface area contributed by atoms with Gasteiger partial charge in [0.05, 0.1) is 28.4 Å². The number of hydrogen-bond donors (Lipinski definition) is 0. The average molecular weight is 451 g/mol. The summed E-state index contributed by atoms with van der Waals surface area (Å²) in [5, 5.41) is 14.3. The topological polar surface area (TPSA) is 28.7 Å². The van der Waals surface area contributed by atoms with Crippen LogP contribution in [0.25, 0.3) is 58.8 Å². The van der Waals surface area contributed by atoms with Gasteiger partial charge in [-0.3, -0.25) is 0 Å². The minimum absolute atomic E-state index is 0.697. The molecular formula is C31H18N2S. The van der Waals surface area contributed by atoms with E-state index >= 15 is 0 Å². The van der Waals surface area contributed by atoms with Gasteiger partial charge in [-0.15, -0.1) is 11.3 Å². The summed E-state index contributed by atoms with van der Waals surface area (Å²) in [7, 11) is 0. The van der Waals surface area contributed by atoms with Crippen molar-refractivity contribution in [3.8, 4) is 22.9 Å². The lowest BCUT2D eigenvalue weighted by Crippen LogP contribution is -1.96. The Morgan fingerprint density at radius 3 is 1.94 bits per heavy atom. The van der Waals surface area contributed by atoms with Gasteiger partial charge in [-0.25, -0.2) is 0 Å². The fourth-order valence-corrected chi connectivity index (χ4v) is 6.18. The molecule has 0 atom stereocenters. The molecule has 0 N–H and O–H groups in total. The molecule has 0 unspecified atom stereocenters. The SMILES string of the molecule is N#Cc1ccc2sc3ccc(-c4ccccc4-n4c5ccccc5c5ccccc54)cc3c2c1. The molecule has 0 saturated heterocycles. The minimum Gasteiger partial charge on any atom is -0.309 e. The predicted molar refractivity (Wildman–Crippen MR) is 144 cm³/mol. The fraction of sp³-hybridized carbons (Fsp3) is 0. The van der Waals surface area contributed by atoms with Gasteiger partial charge in [0, 0.05) is 36.5 Å². The molecule has 0 spiro atoms. The Bertz CT molecular complexity index is 1880. The standard InChI is InChI=1S/C31H18N2S/c32-19-20-13-15-30-25(17-20)26-18-21(14-16-31(26)34-30)22-7-1-4-10-27(22)33-28-11-5-2-8-23(28)24-9-3-6-12-29(24)33/h1-18H. The van der Waals surface area contributed by atoms with Gasteiger partial charge in [0.1, 0.15) is 0 Å². The smallest absolute Gasteiger partial charge is 0.0991 e. The van der Waals surface area contributed by atoms with E-state index in [-0.39, 0.29) is 0 Å². The van der Waals surface area contributed by atoms with Crippen LogP contribution < -0.4 is 0 Å². The first-order valence-electron chi connectivity index (χ1n) is 11.3. The van der Waals surface area contributed by atoms with Crippen LogP contribution in [0.3, 0.4) is 0 Å². The molecule has 34 heavy (non-hydrogen) atoms. The molecule has 0 aliphatic rings. The van der Waals surface area contributed by atoms with E-state index in [4.69, 9.17) is 0 Å². The van der Waals surface area contributed by atoms with E-state index in [9.17, 15) is 5.26 Å². The Hall–Kier alpha value is -4.39. The quantitative estimate of drug-likeness (QED) is 0.259. The molecule has 2 aromatic heterocycles. The highest BCUT2D eigenvalue weighted by Crippen LogP contribution is 2.40. The maximum atomic E-state index is 9.41. The number of rotatable bonds is 2. The van der Waals surface area contributed by atoms with E-state index in [2.05, 4.69) is 108 Å². The number of fused-ring (bicyclic) bond motifs is 6. The molecule has 0 aliphatic heterocycles. The fourth-order valence-electron chi connectivity index (χ4n) is 5.11. The molecule has 5 aromatic carbocycles.